The molecular formula is C18H15N3O6S2. The van der Waals surface area contributed by atoms with E-state index in [1.54, 1.807) is 35.9 Å². The molecule has 0 aliphatic heterocycles. The molecule has 11 heteroatoms. The second-order valence-corrected chi connectivity index (χ2v) is 7.70. The number of carbonyl (C=O) groups excluding carboxylic acids is 2. The SMILES string of the molecule is COC(=O)Cn1c(=NC(=O)/C=C\c2ccc([N+](=O)[O-])s2)sc2cc(OC)ccc21. The highest BCUT2D eigenvalue weighted by Crippen LogP contribution is 2.25. The van der Waals surface area contributed by atoms with Gasteiger partial charge in [-0.15, -0.1) is 0 Å². The van der Waals surface area contributed by atoms with Gasteiger partial charge in [0, 0.05) is 17.0 Å². The van der Waals surface area contributed by atoms with Crippen molar-refractivity contribution >= 4 is 55.8 Å². The van der Waals surface area contributed by atoms with Crippen LogP contribution in [0, 0.1) is 10.1 Å². The van der Waals surface area contributed by atoms with Crippen LogP contribution in [0.15, 0.2) is 41.4 Å². The Labute approximate surface area is 172 Å². The van der Waals surface area contributed by atoms with Crippen LogP contribution in [0.3, 0.4) is 0 Å². The summed E-state index contributed by atoms with van der Waals surface area (Å²) in [5, 5.41) is 10.7. The van der Waals surface area contributed by atoms with Gasteiger partial charge in [-0.2, -0.15) is 4.99 Å². The number of nitrogens with zero attached hydrogens (tertiary/aromatic N) is 3. The van der Waals surface area contributed by atoms with Crippen LogP contribution in [0.2, 0.25) is 0 Å². The molecule has 0 aliphatic rings. The number of ether oxygens (including phenoxy) is 2. The zero-order chi connectivity index (χ0) is 21.0. The zero-order valence-corrected chi connectivity index (χ0v) is 17.0. The van der Waals surface area contributed by atoms with Crippen LogP contribution < -0.4 is 9.54 Å². The van der Waals surface area contributed by atoms with E-state index in [0.29, 0.717) is 20.9 Å². The lowest BCUT2D eigenvalue weighted by Gasteiger charge is -2.04. The minimum absolute atomic E-state index is 0.0107. The summed E-state index contributed by atoms with van der Waals surface area (Å²) in [7, 11) is 2.83. The molecule has 3 rings (SSSR count). The Kier molecular flexibility index (Phi) is 6.20. The van der Waals surface area contributed by atoms with E-state index in [2.05, 4.69) is 4.99 Å². The molecule has 1 aromatic carbocycles. The number of thiazole rings is 1. The molecule has 0 N–H and O–H groups in total. The largest absolute Gasteiger partial charge is 0.497 e. The quantitative estimate of drug-likeness (QED) is 0.256. The first-order valence-corrected chi connectivity index (χ1v) is 9.79. The molecule has 29 heavy (non-hydrogen) atoms. The predicted molar refractivity (Wildman–Crippen MR) is 109 cm³/mol. The van der Waals surface area contributed by atoms with E-state index in [1.807, 2.05) is 0 Å². The maximum atomic E-state index is 12.3. The fraction of sp³-hybridized carbons (Fsp3) is 0.167. The predicted octanol–water partition coefficient (Wildman–Crippen LogP) is 2.99. The highest BCUT2D eigenvalue weighted by atomic mass is 32.1. The number of methoxy groups -OCH3 is 2. The van der Waals surface area contributed by atoms with Gasteiger partial charge in [0.15, 0.2) is 4.80 Å². The van der Waals surface area contributed by atoms with Crippen LogP contribution in [0.4, 0.5) is 5.00 Å². The number of benzene rings is 1. The molecule has 2 heterocycles. The highest BCUT2D eigenvalue weighted by molar-refractivity contribution is 7.16. The number of nitro groups is 1. The molecule has 0 atom stereocenters. The molecule has 0 saturated carbocycles. The smallest absolute Gasteiger partial charge is 0.325 e. The number of rotatable bonds is 6. The maximum Gasteiger partial charge on any atom is 0.325 e. The highest BCUT2D eigenvalue weighted by Gasteiger charge is 2.12. The molecule has 0 unspecified atom stereocenters. The Morgan fingerprint density at radius 2 is 2.03 bits per heavy atom. The van der Waals surface area contributed by atoms with Gasteiger partial charge in [0.05, 0.1) is 29.4 Å². The lowest BCUT2D eigenvalue weighted by atomic mass is 10.3. The molecule has 0 fully saturated rings. The number of amides is 1. The van der Waals surface area contributed by atoms with Crippen molar-refractivity contribution in [3.05, 3.63) is 56.2 Å². The Balaban J connectivity index is 1.97. The van der Waals surface area contributed by atoms with Crippen molar-refractivity contribution in [2.75, 3.05) is 14.2 Å². The molecule has 3 aromatic rings. The number of hydrogen-bond donors (Lipinski definition) is 0. The van der Waals surface area contributed by atoms with Gasteiger partial charge in [0.2, 0.25) is 0 Å². The van der Waals surface area contributed by atoms with Gasteiger partial charge in [0.25, 0.3) is 5.91 Å². The number of fused-ring (bicyclic) bond motifs is 1. The number of aromatic nitrogens is 1. The third kappa shape index (κ3) is 4.76. The summed E-state index contributed by atoms with van der Waals surface area (Å²) in [5.74, 6) is -0.393. The van der Waals surface area contributed by atoms with E-state index in [4.69, 9.17) is 9.47 Å². The van der Waals surface area contributed by atoms with E-state index in [-0.39, 0.29) is 11.5 Å². The van der Waals surface area contributed by atoms with Crippen molar-refractivity contribution in [1.29, 1.82) is 0 Å². The van der Waals surface area contributed by atoms with Crippen molar-refractivity contribution in [3.8, 4) is 5.75 Å². The Bertz CT molecular complexity index is 1190. The van der Waals surface area contributed by atoms with Crippen LogP contribution in [-0.4, -0.2) is 35.6 Å². The Hall–Kier alpha value is -3.31. The normalized spacial score (nSPS) is 11.9. The van der Waals surface area contributed by atoms with Gasteiger partial charge in [-0.1, -0.05) is 22.7 Å². The molecular weight excluding hydrogens is 418 g/mol. The van der Waals surface area contributed by atoms with Crippen molar-refractivity contribution in [2.24, 2.45) is 4.99 Å². The number of thiophene rings is 1. The molecule has 0 radical (unpaired) electrons. The molecule has 0 bridgehead atoms. The third-order valence-corrected chi connectivity index (χ3v) is 5.84. The average Bonchev–Trinajstić information content (AvgIpc) is 3.31. The van der Waals surface area contributed by atoms with Gasteiger partial charge in [-0.05, 0) is 30.3 Å². The van der Waals surface area contributed by atoms with Gasteiger partial charge >= 0.3 is 11.0 Å². The van der Waals surface area contributed by atoms with E-state index in [1.165, 1.54) is 36.7 Å². The van der Waals surface area contributed by atoms with Crippen LogP contribution in [0.25, 0.3) is 16.3 Å². The summed E-state index contributed by atoms with van der Waals surface area (Å²) in [6.07, 6.45) is 2.69. The third-order valence-electron chi connectivity index (χ3n) is 3.79. The average molecular weight is 433 g/mol. The minimum Gasteiger partial charge on any atom is -0.497 e. The maximum absolute atomic E-state index is 12.3. The summed E-state index contributed by atoms with van der Waals surface area (Å²) in [6, 6.07) is 8.24. The first kappa shape index (κ1) is 20.4. The topological polar surface area (TPSA) is 113 Å². The monoisotopic (exact) mass is 433 g/mol. The number of carbonyl (C=O) groups is 2. The van der Waals surface area contributed by atoms with Crippen LogP contribution >= 0.6 is 22.7 Å². The van der Waals surface area contributed by atoms with Crippen molar-refractivity contribution < 1.29 is 24.0 Å². The molecule has 0 saturated heterocycles. The van der Waals surface area contributed by atoms with Gasteiger partial charge < -0.3 is 14.0 Å². The lowest BCUT2D eigenvalue weighted by molar-refractivity contribution is -0.380. The Morgan fingerprint density at radius 1 is 1.24 bits per heavy atom. The van der Waals surface area contributed by atoms with Gasteiger partial charge in [-0.3, -0.25) is 19.7 Å². The minimum atomic E-state index is -0.557. The summed E-state index contributed by atoms with van der Waals surface area (Å²) in [4.78, 5) is 39.3. The summed E-state index contributed by atoms with van der Waals surface area (Å²) in [5.41, 5.74) is 0.714. The first-order valence-electron chi connectivity index (χ1n) is 8.16. The molecule has 0 aliphatic carbocycles. The summed E-state index contributed by atoms with van der Waals surface area (Å²) < 4.78 is 12.3. The standard InChI is InChI=1S/C18H15N3O6S2/c1-26-11-3-6-13-14(9-11)29-18(20(13)10-17(23)27-2)19-15(22)7-4-12-5-8-16(28-12)21(24)25/h3-9H,10H2,1-2H3/b7-4-,19-18?. The summed E-state index contributed by atoms with van der Waals surface area (Å²) in [6.45, 7) is -0.101. The van der Waals surface area contributed by atoms with Crippen molar-refractivity contribution in [2.45, 2.75) is 6.54 Å². The number of esters is 1. The fourth-order valence-corrected chi connectivity index (χ4v) is 4.21. The van der Waals surface area contributed by atoms with Crippen molar-refractivity contribution in [1.82, 2.24) is 4.57 Å². The second kappa shape index (κ2) is 8.80. The summed E-state index contributed by atoms with van der Waals surface area (Å²) >= 11 is 2.19. The van der Waals surface area contributed by atoms with Gasteiger partial charge in [-0.25, -0.2) is 0 Å². The second-order valence-electron chi connectivity index (χ2n) is 5.60. The van der Waals surface area contributed by atoms with E-state index < -0.39 is 16.8 Å². The molecule has 9 nitrogen and oxygen atoms in total. The molecule has 1 amide bonds. The lowest BCUT2D eigenvalue weighted by Crippen LogP contribution is -2.22. The van der Waals surface area contributed by atoms with Crippen molar-refractivity contribution in [3.63, 3.8) is 0 Å². The first-order chi connectivity index (χ1) is 13.9. The Morgan fingerprint density at radius 3 is 2.69 bits per heavy atom. The van der Waals surface area contributed by atoms with Gasteiger partial charge in [0.1, 0.15) is 12.3 Å². The molecule has 2 aromatic heterocycles. The zero-order valence-electron chi connectivity index (χ0n) is 15.4. The van der Waals surface area contributed by atoms with E-state index in [0.717, 1.165) is 16.0 Å². The molecule has 0 spiro atoms. The van der Waals surface area contributed by atoms with Crippen LogP contribution in [0.1, 0.15) is 4.88 Å². The molecule has 150 valence electrons. The number of hydrogen-bond acceptors (Lipinski definition) is 8. The van der Waals surface area contributed by atoms with Crippen LogP contribution in [-0.2, 0) is 20.9 Å². The van der Waals surface area contributed by atoms with E-state index >= 15 is 0 Å². The van der Waals surface area contributed by atoms with Crippen LogP contribution in [0.5, 0.6) is 5.75 Å². The fourth-order valence-electron chi connectivity index (χ4n) is 2.43. The van der Waals surface area contributed by atoms with E-state index in [9.17, 15) is 19.7 Å².